The molecule has 0 saturated carbocycles. The molecule has 0 aromatic carbocycles. The zero-order valence-corrected chi connectivity index (χ0v) is 13.9. The lowest BCUT2D eigenvalue weighted by Gasteiger charge is -2.29. The van der Waals surface area contributed by atoms with Gasteiger partial charge in [0.15, 0.2) is 0 Å². The van der Waals surface area contributed by atoms with E-state index in [9.17, 15) is 9.18 Å². The number of nitrogens with two attached hydrogens (primary N) is 1. The predicted molar refractivity (Wildman–Crippen MR) is 94.8 cm³/mol. The van der Waals surface area contributed by atoms with Crippen LogP contribution in [0, 0.1) is 11.3 Å². The average molecular weight is 355 g/mol. The van der Waals surface area contributed by atoms with Gasteiger partial charge in [-0.25, -0.2) is 14.4 Å². The van der Waals surface area contributed by atoms with Crippen LogP contribution in [0.1, 0.15) is 22.3 Å². The van der Waals surface area contributed by atoms with E-state index in [0.717, 1.165) is 0 Å². The number of primary amides is 1. The van der Waals surface area contributed by atoms with Crippen LogP contribution in [0.3, 0.4) is 0 Å². The molecule has 0 radical (unpaired) electrons. The zero-order chi connectivity index (χ0) is 18.5. The van der Waals surface area contributed by atoms with Crippen molar-refractivity contribution in [2.45, 2.75) is 18.6 Å². The summed E-state index contributed by atoms with van der Waals surface area (Å²) in [5.41, 5.74) is 6.43. The molecule has 9 heteroatoms. The van der Waals surface area contributed by atoms with E-state index >= 15 is 0 Å². The smallest absolute Gasteiger partial charge is 0.252 e. The van der Waals surface area contributed by atoms with E-state index in [4.69, 9.17) is 11.0 Å². The molecule has 5 N–H and O–H groups in total. The van der Waals surface area contributed by atoms with Crippen LogP contribution in [-0.2, 0) is 0 Å². The molecular weight excluding hydrogens is 337 g/mol. The number of hydrogen-bond acceptors (Lipinski definition) is 7. The highest BCUT2D eigenvalue weighted by molar-refractivity contribution is 5.98. The Balaban J connectivity index is 1.85. The normalized spacial score (nSPS) is 19.4. The summed E-state index contributed by atoms with van der Waals surface area (Å²) in [7, 11) is 0. The Morgan fingerprint density at radius 2 is 2.19 bits per heavy atom. The number of carbonyl (C=O) groups excluding carboxylic acids is 1. The van der Waals surface area contributed by atoms with E-state index in [1.54, 1.807) is 18.2 Å². The summed E-state index contributed by atoms with van der Waals surface area (Å²) in [6.45, 7) is 0.940. The number of carbonyl (C=O) groups is 1. The fourth-order valence-electron chi connectivity index (χ4n) is 2.72. The molecule has 26 heavy (non-hydrogen) atoms. The van der Waals surface area contributed by atoms with Crippen molar-refractivity contribution in [1.29, 1.82) is 5.26 Å². The van der Waals surface area contributed by atoms with Crippen LogP contribution in [0.4, 0.5) is 21.7 Å². The Kier molecular flexibility index (Phi) is 5.24. The van der Waals surface area contributed by atoms with Gasteiger partial charge in [-0.2, -0.15) is 5.26 Å². The number of alkyl halides is 1. The minimum absolute atomic E-state index is 0.181. The SMILES string of the molecule is N#Cc1ccnc(Nc2cc(N[C@@H]3CCNC[C@@H]3F)c(C(N)=O)cn2)c1. The summed E-state index contributed by atoms with van der Waals surface area (Å²) in [6, 6.07) is 6.33. The van der Waals surface area contributed by atoms with E-state index < -0.39 is 18.1 Å². The van der Waals surface area contributed by atoms with Gasteiger partial charge in [0.25, 0.3) is 5.91 Å². The van der Waals surface area contributed by atoms with Crippen LogP contribution in [0.25, 0.3) is 0 Å². The highest BCUT2D eigenvalue weighted by Crippen LogP contribution is 2.24. The second-order valence-corrected chi connectivity index (χ2v) is 5.91. The van der Waals surface area contributed by atoms with E-state index in [0.29, 0.717) is 35.9 Å². The Bertz CT molecular complexity index is 851. The minimum atomic E-state index is -1.08. The Labute approximate surface area is 149 Å². The summed E-state index contributed by atoms with van der Waals surface area (Å²) in [5, 5.41) is 18.0. The Morgan fingerprint density at radius 3 is 2.92 bits per heavy atom. The lowest BCUT2D eigenvalue weighted by atomic mass is 10.0. The van der Waals surface area contributed by atoms with Crippen molar-refractivity contribution in [3.63, 3.8) is 0 Å². The summed E-state index contributed by atoms with van der Waals surface area (Å²) < 4.78 is 14.1. The fraction of sp³-hybridized carbons (Fsp3) is 0.294. The topological polar surface area (TPSA) is 129 Å². The first-order valence-electron chi connectivity index (χ1n) is 8.11. The highest BCUT2D eigenvalue weighted by atomic mass is 19.1. The third kappa shape index (κ3) is 4.04. The van der Waals surface area contributed by atoms with Gasteiger partial charge in [-0.3, -0.25) is 4.79 Å². The zero-order valence-electron chi connectivity index (χ0n) is 13.9. The van der Waals surface area contributed by atoms with Crippen molar-refractivity contribution in [2.75, 3.05) is 23.7 Å². The van der Waals surface area contributed by atoms with Gasteiger partial charge in [0.1, 0.15) is 17.8 Å². The summed E-state index contributed by atoms with van der Waals surface area (Å²) >= 11 is 0. The number of anilines is 3. The quantitative estimate of drug-likeness (QED) is 0.636. The molecule has 1 fully saturated rings. The molecule has 8 nitrogen and oxygen atoms in total. The van der Waals surface area contributed by atoms with E-state index in [2.05, 4.69) is 25.9 Å². The first-order chi connectivity index (χ1) is 12.6. The molecule has 3 rings (SSSR count). The van der Waals surface area contributed by atoms with Crippen LogP contribution < -0.4 is 21.7 Å². The third-order valence-corrected chi connectivity index (χ3v) is 4.06. The number of piperidine rings is 1. The van der Waals surface area contributed by atoms with Crippen molar-refractivity contribution < 1.29 is 9.18 Å². The van der Waals surface area contributed by atoms with E-state index in [-0.39, 0.29) is 12.1 Å². The van der Waals surface area contributed by atoms with E-state index in [1.807, 2.05) is 6.07 Å². The van der Waals surface area contributed by atoms with Gasteiger partial charge in [-0.05, 0) is 25.1 Å². The van der Waals surface area contributed by atoms with Gasteiger partial charge in [-0.15, -0.1) is 0 Å². The highest BCUT2D eigenvalue weighted by Gasteiger charge is 2.25. The minimum Gasteiger partial charge on any atom is -0.378 e. The molecule has 0 spiro atoms. The number of aromatic nitrogens is 2. The van der Waals surface area contributed by atoms with Crippen LogP contribution >= 0.6 is 0 Å². The molecule has 2 aromatic rings. The predicted octanol–water partition coefficient (Wildman–Crippen LogP) is 1.30. The van der Waals surface area contributed by atoms with Crippen molar-refractivity contribution in [3.05, 3.63) is 41.7 Å². The van der Waals surface area contributed by atoms with Gasteiger partial charge in [0.2, 0.25) is 0 Å². The van der Waals surface area contributed by atoms with E-state index in [1.165, 1.54) is 12.4 Å². The number of halogens is 1. The summed E-state index contributed by atoms with van der Waals surface area (Å²) in [5.74, 6) is 0.171. The Hall–Kier alpha value is -3.25. The maximum Gasteiger partial charge on any atom is 0.252 e. The first kappa shape index (κ1) is 17.6. The molecule has 2 aromatic heterocycles. The van der Waals surface area contributed by atoms with Crippen molar-refractivity contribution in [2.24, 2.45) is 5.73 Å². The molecule has 2 atom stereocenters. The average Bonchev–Trinajstić information content (AvgIpc) is 2.64. The number of pyridine rings is 2. The second-order valence-electron chi connectivity index (χ2n) is 5.91. The standard InChI is InChI=1S/C17H18FN7O/c18-12-9-21-3-2-13(12)24-14-6-16(23-8-11(14)17(20)26)25-15-5-10(7-19)1-4-22-15/h1,4-6,8,12-13,21H,2-3,9H2,(H2,20,26)(H2,22,23,24,25)/t12-,13+/m0/s1. The lowest BCUT2D eigenvalue weighted by Crippen LogP contribution is -2.45. The number of nitriles is 1. The molecule has 134 valence electrons. The molecule has 1 amide bonds. The largest absolute Gasteiger partial charge is 0.378 e. The van der Waals surface area contributed by atoms with Crippen molar-refractivity contribution in [1.82, 2.24) is 15.3 Å². The fourth-order valence-corrected chi connectivity index (χ4v) is 2.72. The number of nitrogens with one attached hydrogen (secondary N) is 3. The summed E-state index contributed by atoms with van der Waals surface area (Å²) in [4.78, 5) is 19.9. The molecule has 0 unspecified atom stereocenters. The number of hydrogen-bond donors (Lipinski definition) is 4. The molecule has 1 saturated heterocycles. The first-order valence-corrected chi connectivity index (χ1v) is 8.11. The molecular formula is C17H18FN7O. The van der Waals surface area contributed by atoms with Crippen LogP contribution in [0.5, 0.6) is 0 Å². The van der Waals surface area contributed by atoms with Gasteiger partial charge < -0.3 is 21.7 Å². The molecule has 0 aliphatic carbocycles. The second kappa shape index (κ2) is 7.76. The van der Waals surface area contributed by atoms with Crippen molar-refractivity contribution >= 4 is 23.2 Å². The van der Waals surface area contributed by atoms with Crippen LogP contribution in [0.15, 0.2) is 30.6 Å². The van der Waals surface area contributed by atoms with Gasteiger partial charge >= 0.3 is 0 Å². The third-order valence-electron chi connectivity index (χ3n) is 4.06. The van der Waals surface area contributed by atoms with Gasteiger partial charge in [-0.1, -0.05) is 0 Å². The molecule has 3 heterocycles. The maximum atomic E-state index is 14.1. The lowest BCUT2D eigenvalue weighted by molar-refractivity contribution is 0.100. The maximum absolute atomic E-state index is 14.1. The van der Waals surface area contributed by atoms with Crippen LogP contribution in [-0.4, -0.2) is 41.2 Å². The van der Waals surface area contributed by atoms with Crippen molar-refractivity contribution in [3.8, 4) is 6.07 Å². The molecule has 1 aliphatic rings. The number of nitrogens with zero attached hydrogens (tertiary/aromatic N) is 3. The monoisotopic (exact) mass is 355 g/mol. The molecule has 0 bridgehead atoms. The van der Waals surface area contributed by atoms with Gasteiger partial charge in [0.05, 0.1) is 28.9 Å². The van der Waals surface area contributed by atoms with Gasteiger partial charge in [0, 0.05) is 25.0 Å². The number of rotatable bonds is 5. The Morgan fingerprint density at radius 1 is 1.38 bits per heavy atom. The van der Waals surface area contributed by atoms with Crippen LogP contribution in [0.2, 0.25) is 0 Å². The molecule has 1 aliphatic heterocycles. The number of amides is 1. The summed E-state index contributed by atoms with van der Waals surface area (Å²) in [6.07, 6.45) is 2.33.